The van der Waals surface area contributed by atoms with Crippen molar-refractivity contribution < 1.29 is 4.79 Å². The highest BCUT2D eigenvalue weighted by atomic mass is 35.5. The third kappa shape index (κ3) is 5.01. The van der Waals surface area contributed by atoms with Crippen LogP contribution in [0.5, 0.6) is 0 Å². The van der Waals surface area contributed by atoms with E-state index in [-0.39, 0.29) is 12.1 Å². The quantitative estimate of drug-likeness (QED) is 0.840. The van der Waals surface area contributed by atoms with E-state index >= 15 is 0 Å². The average molecular weight is 367 g/mol. The summed E-state index contributed by atoms with van der Waals surface area (Å²) in [6, 6.07) is 8.67. The summed E-state index contributed by atoms with van der Waals surface area (Å²) in [5.74, 6) is 0.846. The first-order valence-corrected chi connectivity index (χ1v) is 8.24. The van der Waals surface area contributed by atoms with Crippen LogP contribution in [0.4, 0.5) is 10.6 Å². The van der Waals surface area contributed by atoms with Crippen LogP contribution in [0, 0.1) is 0 Å². The molecule has 24 heavy (non-hydrogen) atoms. The molecule has 2 N–H and O–H groups in total. The van der Waals surface area contributed by atoms with Crippen LogP contribution in [0.2, 0.25) is 10.0 Å². The number of anilines is 1. The van der Waals surface area contributed by atoms with Crippen LogP contribution < -0.4 is 15.5 Å². The fraction of sp³-hybridized carbons (Fsp3) is 0.294. The highest BCUT2D eigenvalue weighted by Gasteiger charge is 2.11. The smallest absolute Gasteiger partial charge is 0.315 e. The summed E-state index contributed by atoms with van der Waals surface area (Å²) in [5.41, 5.74) is 1.87. The molecule has 0 fully saturated rings. The predicted octanol–water partition coefficient (Wildman–Crippen LogP) is 4.01. The first-order valence-electron chi connectivity index (χ1n) is 7.48. The maximum absolute atomic E-state index is 12.1. The Balaban J connectivity index is 1.91. The van der Waals surface area contributed by atoms with Crippen molar-refractivity contribution in [1.82, 2.24) is 15.6 Å². The average Bonchev–Trinajstić information content (AvgIpc) is 2.55. The molecular formula is C17H20Cl2N4O. The lowest BCUT2D eigenvalue weighted by Crippen LogP contribution is -2.36. The van der Waals surface area contributed by atoms with Crippen LogP contribution in [0.15, 0.2) is 36.5 Å². The van der Waals surface area contributed by atoms with Crippen LogP contribution in [0.3, 0.4) is 0 Å². The van der Waals surface area contributed by atoms with Gasteiger partial charge in [-0.15, -0.1) is 0 Å². The lowest BCUT2D eigenvalue weighted by atomic mass is 10.1. The molecule has 0 aliphatic heterocycles. The van der Waals surface area contributed by atoms with E-state index < -0.39 is 0 Å². The topological polar surface area (TPSA) is 57.3 Å². The molecule has 0 saturated carbocycles. The van der Waals surface area contributed by atoms with E-state index in [0.29, 0.717) is 16.6 Å². The van der Waals surface area contributed by atoms with E-state index in [1.54, 1.807) is 18.3 Å². The molecule has 1 aromatic heterocycles. The Morgan fingerprint density at radius 3 is 2.62 bits per heavy atom. The van der Waals surface area contributed by atoms with Gasteiger partial charge < -0.3 is 15.5 Å². The summed E-state index contributed by atoms with van der Waals surface area (Å²) < 4.78 is 0. The number of nitrogens with zero attached hydrogens (tertiary/aromatic N) is 2. The van der Waals surface area contributed by atoms with Gasteiger partial charge in [-0.25, -0.2) is 9.78 Å². The number of carbonyl (C=O) groups excluding carboxylic acids is 1. The third-order valence-electron chi connectivity index (χ3n) is 3.51. The molecule has 0 saturated heterocycles. The maximum atomic E-state index is 12.1. The summed E-state index contributed by atoms with van der Waals surface area (Å²) in [5, 5.41) is 6.67. The highest BCUT2D eigenvalue weighted by molar-refractivity contribution is 6.42. The molecule has 2 amide bonds. The molecule has 7 heteroatoms. The lowest BCUT2D eigenvalue weighted by Gasteiger charge is -2.16. The van der Waals surface area contributed by atoms with Crippen molar-refractivity contribution in [3.63, 3.8) is 0 Å². The van der Waals surface area contributed by atoms with E-state index in [1.165, 1.54) is 0 Å². The molecule has 0 aliphatic carbocycles. The highest BCUT2D eigenvalue weighted by Crippen LogP contribution is 2.25. The van der Waals surface area contributed by atoms with Gasteiger partial charge in [-0.05, 0) is 42.3 Å². The number of pyridine rings is 1. The largest absolute Gasteiger partial charge is 0.363 e. The summed E-state index contributed by atoms with van der Waals surface area (Å²) in [6.07, 6.45) is 1.72. The van der Waals surface area contributed by atoms with Gasteiger partial charge >= 0.3 is 6.03 Å². The molecular weight excluding hydrogens is 347 g/mol. The van der Waals surface area contributed by atoms with Gasteiger partial charge in [0.1, 0.15) is 5.82 Å². The maximum Gasteiger partial charge on any atom is 0.315 e. The molecule has 1 atom stereocenters. The van der Waals surface area contributed by atoms with E-state index in [9.17, 15) is 4.79 Å². The summed E-state index contributed by atoms with van der Waals surface area (Å²) in [4.78, 5) is 18.2. The minimum atomic E-state index is -0.253. The minimum Gasteiger partial charge on any atom is -0.363 e. The molecule has 1 heterocycles. The lowest BCUT2D eigenvalue weighted by molar-refractivity contribution is 0.237. The standard InChI is InChI=1S/C17H20Cl2N4O/c1-11(13-4-5-14(18)15(19)9-13)22-17(24)21-10-12-6-7-20-16(8-12)23(2)3/h4-9,11H,10H2,1-3H3,(H2,21,22,24). The van der Waals surface area contributed by atoms with E-state index in [2.05, 4.69) is 15.6 Å². The van der Waals surface area contributed by atoms with Crippen molar-refractivity contribution >= 4 is 35.1 Å². The van der Waals surface area contributed by atoms with Gasteiger partial charge in [-0.1, -0.05) is 29.3 Å². The van der Waals surface area contributed by atoms with Crippen LogP contribution in [-0.2, 0) is 6.54 Å². The number of nitrogens with one attached hydrogen (secondary N) is 2. The zero-order valence-electron chi connectivity index (χ0n) is 13.8. The van der Waals surface area contributed by atoms with Crippen molar-refractivity contribution in [2.24, 2.45) is 0 Å². The Bertz CT molecular complexity index is 721. The number of hydrogen-bond acceptors (Lipinski definition) is 3. The number of carbonyl (C=O) groups is 1. The summed E-state index contributed by atoms with van der Waals surface area (Å²) in [7, 11) is 3.84. The Labute approximate surface area is 152 Å². The zero-order chi connectivity index (χ0) is 17.7. The number of aromatic nitrogens is 1. The summed E-state index contributed by atoms with van der Waals surface area (Å²) >= 11 is 11.9. The molecule has 0 aliphatic rings. The molecule has 0 spiro atoms. The SMILES string of the molecule is CC(NC(=O)NCc1ccnc(N(C)C)c1)c1ccc(Cl)c(Cl)c1. The van der Waals surface area contributed by atoms with Gasteiger partial charge in [0, 0.05) is 26.8 Å². The Hall–Kier alpha value is -1.98. The van der Waals surface area contributed by atoms with Crippen molar-refractivity contribution in [2.45, 2.75) is 19.5 Å². The second-order valence-electron chi connectivity index (χ2n) is 5.64. The molecule has 1 aromatic carbocycles. The number of hydrogen-bond donors (Lipinski definition) is 2. The number of rotatable bonds is 5. The van der Waals surface area contributed by atoms with E-state index in [4.69, 9.17) is 23.2 Å². The van der Waals surface area contributed by atoms with Gasteiger partial charge in [-0.3, -0.25) is 0 Å². The second-order valence-corrected chi connectivity index (χ2v) is 6.45. The van der Waals surface area contributed by atoms with Gasteiger partial charge in [0.05, 0.1) is 16.1 Å². The van der Waals surface area contributed by atoms with Crippen molar-refractivity contribution in [1.29, 1.82) is 0 Å². The molecule has 0 bridgehead atoms. The van der Waals surface area contributed by atoms with Crippen LogP contribution >= 0.6 is 23.2 Å². The van der Waals surface area contributed by atoms with Crippen molar-refractivity contribution in [2.75, 3.05) is 19.0 Å². The molecule has 1 unspecified atom stereocenters. The molecule has 5 nitrogen and oxygen atoms in total. The Morgan fingerprint density at radius 2 is 1.96 bits per heavy atom. The first kappa shape index (κ1) is 18.4. The van der Waals surface area contributed by atoms with Crippen LogP contribution in [-0.4, -0.2) is 25.1 Å². The number of benzene rings is 1. The molecule has 128 valence electrons. The monoisotopic (exact) mass is 366 g/mol. The zero-order valence-corrected chi connectivity index (χ0v) is 15.3. The fourth-order valence-corrected chi connectivity index (χ4v) is 2.42. The van der Waals surface area contributed by atoms with E-state index in [1.807, 2.05) is 44.1 Å². The summed E-state index contributed by atoms with van der Waals surface area (Å²) in [6.45, 7) is 2.30. The van der Waals surface area contributed by atoms with Crippen molar-refractivity contribution in [3.8, 4) is 0 Å². The number of amides is 2. The third-order valence-corrected chi connectivity index (χ3v) is 4.25. The normalized spacial score (nSPS) is 11.7. The predicted molar refractivity (Wildman–Crippen MR) is 98.8 cm³/mol. The Kier molecular flexibility index (Phi) is 6.29. The van der Waals surface area contributed by atoms with Crippen LogP contribution in [0.25, 0.3) is 0 Å². The first-order chi connectivity index (χ1) is 11.4. The van der Waals surface area contributed by atoms with Crippen LogP contribution in [0.1, 0.15) is 24.1 Å². The number of halogens is 2. The molecule has 2 rings (SSSR count). The second kappa shape index (κ2) is 8.22. The molecule has 2 aromatic rings. The Morgan fingerprint density at radius 1 is 1.21 bits per heavy atom. The van der Waals surface area contributed by atoms with E-state index in [0.717, 1.165) is 16.9 Å². The van der Waals surface area contributed by atoms with Gasteiger partial charge in [0.25, 0.3) is 0 Å². The number of urea groups is 1. The van der Waals surface area contributed by atoms with Gasteiger partial charge in [0.2, 0.25) is 0 Å². The molecule has 0 radical (unpaired) electrons. The fourth-order valence-electron chi connectivity index (χ4n) is 2.11. The minimum absolute atomic E-state index is 0.186. The van der Waals surface area contributed by atoms with Gasteiger partial charge in [0.15, 0.2) is 0 Å². The van der Waals surface area contributed by atoms with Crippen molar-refractivity contribution in [3.05, 3.63) is 57.7 Å². The van der Waals surface area contributed by atoms with Gasteiger partial charge in [-0.2, -0.15) is 0 Å².